The van der Waals surface area contributed by atoms with Crippen LogP contribution in [0.5, 0.6) is 0 Å². The lowest BCUT2D eigenvalue weighted by Gasteiger charge is -2.27. The maximum Gasteiger partial charge on any atom is 0.261 e. The molecule has 2 heterocycles. The molecule has 1 amide bonds. The summed E-state index contributed by atoms with van der Waals surface area (Å²) in [5.74, 6) is 0.463. The standard InChI is InChI=1S/C20H29N3O2S/c1-13-17-11-18(19(25)21-15-9-7-14(12-24)8-10-15)26-20(17)23(22-13)16-5-3-2-4-6-16/h11,14-16,24H,2-10,12H2,1H3,(H,21,25). The topological polar surface area (TPSA) is 67.2 Å². The third-order valence-corrected chi connectivity index (χ3v) is 7.28. The Kier molecular flexibility index (Phi) is 5.32. The summed E-state index contributed by atoms with van der Waals surface area (Å²) in [7, 11) is 0. The molecule has 2 aliphatic carbocycles. The fourth-order valence-corrected chi connectivity index (χ4v) is 5.64. The highest BCUT2D eigenvalue weighted by molar-refractivity contribution is 7.20. The smallest absolute Gasteiger partial charge is 0.261 e. The summed E-state index contributed by atoms with van der Waals surface area (Å²) in [6.45, 7) is 2.32. The Balaban J connectivity index is 1.49. The highest BCUT2D eigenvalue weighted by Crippen LogP contribution is 2.35. The lowest BCUT2D eigenvalue weighted by atomic mass is 9.86. The summed E-state index contributed by atoms with van der Waals surface area (Å²) in [5, 5.41) is 18.4. The molecule has 5 nitrogen and oxygen atoms in total. The number of fused-ring (bicyclic) bond motifs is 1. The van der Waals surface area contributed by atoms with E-state index >= 15 is 0 Å². The minimum atomic E-state index is 0.0493. The van der Waals surface area contributed by atoms with Crippen LogP contribution in [0.25, 0.3) is 10.2 Å². The van der Waals surface area contributed by atoms with Crippen molar-refractivity contribution in [3.05, 3.63) is 16.6 Å². The van der Waals surface area contributed by atoms with E-state index in [1.54, 1.807) is 11.3 Å². The van der Waals surface area contributed by atoms with Crippen LogP contribution in [0.15, 0.2) is 6.07 Å². The lowest BCUT2D eigenvalue weighted by molar-refractivity contribution is 0.0918. The van der Waals surface area contributed by atoms with Crippen molar-refractivity contribution in [1.29, 1.82) is 0 Å². The van der Waals surface area contributed by atoms with Crippen LogP contribution in [0.4, 0.5) is 0 Å². The van der Waals surface area contributed by atoms with Crippen LogP contribution in [0, 0.1) is 12.8 Å². The van der Waals surface area contributed by atoms with E-state index in [1.165, 1.54) is 32.1 Å². The number of nitrogens with one attached hydrogen (secondary N) is 1. The summed E-state index contributed by atoms with van der Waals surface area (Å²) >= 11 is 1.59. The Hall–Kier alpha value is -1.40. The van der Waals surface area contributed by atoms with E-state index in [1.807, 2.05) is 13.0 Å². The van der Waals surface area contributed by atoms with Crippen LogP contribution in [-0.4, -0.2) is 33.4 Å². The fraction of sp³-hybridized carbons (Fsp3) is 0.700. The van der Waals surface area contributed by atoms with Crippen molar-refractivity contribution >= 4 is 27.5 Å². The summed E-state index contributed by atoms with van der Waals surface area (Å²) in [6.07, 6.45) is 10.2. The molecule has 2 saturated carbocycles. The molecule has 2 fully saturated rings. The fourth-order valence-electron chi connectivity index (χ4n) is 4.50. The molecule has 2 aromatic heterocycles. The van der Waals surface area contributed by atoms with Gasteiger partial charge in [-0.15, -0.1) is 11.3 Å². The molecular weight excluding hydrogens is 346 g/mol. The molecule has 2 aromatic rings. The lowest BCUT2D eigenvalue weighted by Crippen LogP contribution is -2.37. The number of nitrogens with zero attached hydrogens (tertiary/aromatic N) is 2. The molecule has 0 aromatic carbocycles. The number of carbonyl (C=O) groups is 1. The van der Waals surface area contributed by atoms with Gasteiger partial charge < -0.3 is 10.4 Å². The van der Waals surface area contributed by atoms with Crippen LogP contribution in [0.2, 0.25) is 0 Å². The normalized spacial score (nSPS) is 24.8. The average Bonchev–Trinajstić information content (AvgIpc) is 3.24. The van der Waals surface area contributed by atoms with Gasteiger partial charge in [-0.2, -0.15) is 5.10 Å². The van der Waals surface area contributed by atoms with Crippen molar-refractivity contribution in [1.82, 2.24) is 15.1 Å². The Bertz CT molecular complexity index is 767. The number of aromatic nitrogens is 2. The van der Waals surface area contributed by atoms with Crippen molar-refractivity contribution in [3.63, 3.8) is 0 Å². The molecule has 2 N–H and O–H groups in total. The van der Waals surface area contributed by atoms with Crippen molar-refractivity contribution in [2.24, 2.45) is 5.92 Å². The minimum absolute atomic E-state index is 0.0493. The first-order valence-electron chi connectivity index (χ1n) is 10.1. The minimum Gasteiger partial charge on any atom is -0.396 e. The number of aryl methyl sites for hydroxylation is 1. The van der Waals surface area contributed by atoms with Gasteiger partial charge in [-0.05, 0) is 57.4 Å². The largest absolute Gasteiger partial charge is 0.396 e. The molecule has 26 heavy (non-hydrogen) atoms. The Labute approximate surface area is 158 Å². The maximum absolute atomic E-state index is 12.8. The summed E-state index contributed by atoms with van der Waals surface area (Å²) in [6, 6.07) is 2.76. The average molecular weight is 376 g/mol. The van der Waals surface area contributed by atoms with Crippen molar-refractivity contribution < 1.29 is 9.90 Å². The maximum atomic E-state index is 12.8. The van der Waals surface area contributed by atoms with Gasteiger partial charge in [0.15, 0.2) is 0 Å². The van der Waals surface area contributed by atoms with Crippen molar-refractivity contribution in [3.8, 4) is 0 Å². The van der Waals surface area contributed by atoms with Gasteiger partial charge in [0, 0.05) is 18.0 Å². The summed E-state index contributed by atoms with van der Waals surface area (Å²) in [5.41, 5.74) is 1.03. The number of hydrogen-bond donors (Lipinski definition) is 2. The monoisotopic (exact) mass is 375 g/mol. The Morgan fingerprint density at radius 1 is 1.23 bits per heavy atom. The Morgan fingerprint density at radius 3 is 2.65 bits per heavy atom. The highest BCUT2D eigenvalue weighted by atomic mass is 32.1. The molecular formula is C20H29N3O2S. The molecule has 2 aliphatic rings. The number of carbonyl (C=O) groups excluding carboxylic acids is 1. The molecule has 0 bridgehead atoms. The van der Waals surface area contributed by atoms with Gasteiger partial charge in [-0.25, -0.2) is 0 Å². The number of aliphatic hydroxyl groups excluding tert-OH is 1. The van der Waals surface area contributed by atoms with E-state index < -0.39 is 0 Å². The first-order chi connectivity index (χ1) is 12.7. The summed E-state index contributed by atoms with van der Waals surface area (Å²) in [4.78, 5) is 14.7. The number of aliphatic hydroxyl groups is 1. The van der Waals surface area contributed by atoms with Gasteiger partial charge in [0.05, 0.1) is 16.6 Å². The molecule has 0 aliphatic heterocycles. The quantitative estimate of drug-likeness (QED) is 0.842. The molecule has 4 rings (SSSR count). The van der Waals surface area contributed by atoms with Crippen LogP contribution < -0.4 is 5.32 Å². The molecule has 0 radical (unpaired) electrons. The number of hydrogen-bond acceptors (Lipinski definition) is 4. The number of amides is 1. The second-order valence-corrected chi connectivity index (χ2v) is 9.06. The van der Waals surface area contributed by atoms with E-state index in [4.69, 9.17) is 5.10 Å². The van der Waals surface area contributed by atoms with E-state index in [9.17, 15) is 9.90 Å². The van der Waals surface area contributed by atoms with Crippen LogP contribution in [0.1, 0.15) is 79.2 Å². The van der Waals surface area contributed by atoms with Crippen LogP contribution in [-0.2, 0) is 0 Å². The molecule has 0 saturated heterocycles. The van der Waals surface area contributed by atoms with Crippen molar-refractivity contribution in [2.45, 2.75) is 76.8 Å². The van der Waals surface area contributed by atoms with Gasteiger partial charge in [-0.3, -0.25) is 9.48 Å². The zero-order valence-corrected chi connectivity index (χ0v) is 16.4. The van der Waals surface area contributed by atoms with Crippen molar-refractivity contribution in [2.75, 3.05) is 6.61 Å². The third kappa shape index (κ3) is 3.54. The van der Waals surface area contributed by atoms with Gasteiger partial charge in [-0.1, -0.05) is 19.3 Å². The second kappa shape index (κ2) is 7.69. The SMILES string of the molecule is Cc1nn(C2CCCCC2)c2sc(C(=O)NC3CCC(CO)CC3)cc12. The van der Waals surface area contributed by atoms with Gasteiger partial charge in [0.2, 0.25) is 0 Å². The predicted octanol–water partition coefficient (Wildman–Crippen LogP) is 4.19. The molecule has 142 valence electrons. The van der Waals surface area contributed by atoms with E-state index in [-0.39, 0.29) is 18.6 Å². The molecule has 0 spiro atoms. The van der Waals surface area contributed by atoms with Gasteiger partial charge in [0.25, 0.3) is 5.91 Å². The molecule has 0 unspecified atom stereocenters. The number of rotatable bonds is 4. The zero-order chi connectivity index (χ0) is 18.1. The number of thiophene rings is 1. The molecule has 6 heteroatoms. The van der Waals surface area contributed by atoms with E-state index in [2.05, 4.69) is 10.00 Å². The summed E-state index contributed by atoms with van der Waals surface area (Å²) < 4.78 is 2.19. The third-order valence-electron chi connectivity index (χ3n) is 6.15. The van der Waals surface area contributed by atoms with E-state index in [0.29, 0.717) is 12.0 Å². The Morgan fingerprint density at radius 2 is 1.96 bits per heavy atom. The predicted molar refractivity (Wildman–Crippen MR) is 105 cm³/mol. The first kappa shape index (κ1) is 18.0. The van der Waals surface area contributed by atoms with Gasteiger partial charge >= 0.3 is 0 Å². The second-order valence-electron chi connectivity index (χ2n) is 8.02. The van der Waals surface area contributed by atoms with Crippen LogP contribution >= 0.6 is 11.3 Å². The zero-order valence-electron chi connectivity index (χ0n) is 15.5. The van der Waals surface area contributed by atoms with Crippen LogP contribution in [0.3, 0.4) is 0 Å². The van der Waals surface area contributed by atoms with Gasteiger partial charge in [0.1, 0.15) is 4.83 Å². The highest BCUT2D eigenvalue weighted by Gasteiger charge is 2.25. The molecule has 0 atom stereocenters. The first-order valence-corrected chi connectivity index (χ1v) is 10.9. The van der Waals surface area contributed by atoms with E-state index in [0.717, 1.165) is 46.5 Å².